The molecular weight excluding hydrogens is 346 g/mol. The Kier molecular flexibility index (Phi) is 9.18. The molecule has 1 fully saturated rings. The molecule has 0 radical (unpaired) electrons. The maximum Gasteiger partial charge on any atom is 0.227 e. The average molecular weight is 372 g/mol. The highest BCUT2D eigenvalue weighted by Crippen LogP contribution is 2.28. The van der Waals surface area contributed by atoms with Crippen LogP contribution in [0.5, 0.6) is 0 Å². The van der Waals surface area contributed by atoms with Gasteiger partial charge in [0.2, 0.25) is 11.8 Å². The Morgan fingerprint density at radius 1 is 1.33 bits per heavy atom. The molecule has 0 aliphatic carbocycles. The molecule has 2 rings (SSSR count). The summed E-state index contributed by atoms with van der Waals surface area (Å²) >= 11 is 1.35. The number of nitrogens with two attached hydrogens (primary N) is 1. The van der Waals surface area contributed by atoms with Crippen LogP contribution in [0.2, 0.25) is 0 Å². The second-order valence-corrected chi connectivity index (χ2v) is 7.09. The smallest absolute Gasteiger partial charge is 0.227 e. The summed E-state index contributed by atoms with van der Waals surface area (Å²) < 4.78 is 0. The van der Waals surface area contributed by atoms with Gasteiger partial charge >= 0.3 is 0 Å². The summed E-state index contributed by atoms with van der Waals surface area (Å²) in [6.45, 7) is 4.25. The monoisotopic (exact) mass is 371 g/mol. The van der Waals surface area contributed by atoms with Crippen LogP contribution in [0.3, 0.4) is 0 Å². The van der Waals surface area contributed by atoms with E-state index in [0.29, 0.717) is 18.3 Å². The summed E-state index contributed by atoms with van der Waals surface area (Å²) in [7, 11) is 0. The molecule has 24 heavy (non-hydrogen) atoms. The second kappa shape index (κ2) is 10.6. The molecule has 2 amide bonds. The molecular formula is C17H26ClN3O2S. The number of piperidine rings is 1. The Hall–Kier alpha value is -1.24. The van der Waals surface area contributed by atoms with Crippen molar-refractivity contribution < 1.29 is 9.59 Å². The first-order valence-electron chi connectivity index (χ1n) is 8.07. The molecule has 0 aromatic heterocycles. The maximum absolute atomic E-state index is 12.3. The highest BCUT2D eigenvalue weighted by molar-refractivity contribution is 8.00. The predicted molar refractivity (Wildman–Crippen MR) is 102 cm³/mol. The zero-order chi connectivity index (χ0) is 16.7. The molecule has 1 heterocycles. The van der Waals surface area contributed by atoms with Crippen molar-refractivity contribution in [2.75, 3.05) is 24.2 Å². The van der Waals surface area contributed by atoms with Crippen LogP contribution in [0.4, 0.5) is 5.69 Å². The van der Waals surface area contributed by atoms with E-state index in [2.05, 4.69) is 17.6 Å². The number of halogens is 1. The number of anilines is 1. The van der Waals surface area contributed by atoms with E-state index in [9.17, 15) is 9.59 Å². The Balaban J connectivity index is 0.00000288. The predicted octanol–water partition coefficient (Wildman–Crippen LogP) is 2.65. The van der Waals surface area contributed by atoms with E-state index in [1.807, 2.05) is 24.3 Å². The van der Waals surface area contributed by atoms with Crippen molar-refractivity contribution in [3.05, 3.63) is 24.3 Å². The summed E-state index contributed by atoms with van der Waals surface area (Å²) in [6.07, 6.45) is 2.80. The third-order valence-electron chi connectivity index (χ3n) is 4.23. The van der Waals surface area contributed by atoms with Crippen molar-refractivity contribution in [1.29, 1.82) is 0 Å². The zero-order valence-electron chi connectivity index (χ0n) is 13.9. The molecule has 1 unspecified atom stereocenters. The van der Waals surface area contributed by atoms with Crippen LogP contribution in [0.25, 0.3) is 0 Å². The Bertz CT molecular complexity index is 550. The summed E-state index contributed by atoms with van der Waals surface area (Å²) in [6, 6.07) is 7.51. The number of amides is 2. The molecule has 1 aromatic carbocycles. The van der Waals surface area contributed by atoms with Gasteiger partial charge in [0.15, 0.2) is 0 Å². The Morgan fingerprint density at radius 2 is 2.00 bits per heavy atom. The number of nitrogens with one attached hydrogen (secondary N) is 2. The van der Waals surface area contributed by atoms with Gasteiger partial charge < -0.3 is 16.4 Å². The van der Waals surface area contributed by atoms with Gasteiger partial charge in [0.25, 0.3) is 0 Å². The molecule has 1 atom stereocenters. The molecule has 1 aromatic rings. The first kappa shape index (κ1) is 20.8. The van der Waals surface area contributed by atoms with E-state index >= 15 is 0 Å². The molecule has 4 N–H and O–H groups in total. The number of rotatable bonds is 7. The fraction of sp³-hybridized carbons (Fsp3) is 0.529. The van der Waals surface area contributed by atoms with Crippen molar-refractivity contribution in [3.63, 3.8) is 0 Å². The van der Waals surface area contributed by atoms with Gasteiger partial charge in [-0.05, 0) is 49.9 Å². The molecule has 0 bridgehead atoms. The van der Waals surface area contributed by atoms with Crippen LogP contribution in [-0.4, -0.2) is 30.7 Å². The maximum atomic E-state index is 12.3. The molecule has 5 nitrogen and oxygen atoms in total. The van der Waals surface area contributed by atoms with E-state index in [1.54, 1.807) is 0 Å². The highest BCUT2D eigenvalue weighted by Gasteiger charge is 2.22. The normalized spacial score (nSPS) is 16.0. The molecule has 1 aliphatic heterocycles. The summed E-state index contributed by atoms with van der Waals surface area (Å²) in [4.78, 5) is 24.1. The SMILES string of the molecule is CC(CC(=O)Nc1ccccc1SCC(N)=O)C1CCNCC1.Cl. The lowest BCUT2D eigenvalue weighted by atomic mass is 9.84. The van der Waals surface area contributed by atoms with Crippen LogP contribution < -0.4 is 16.4 Å². The van der Waals surface area contributed by atoms with Gasteiger partial charge in [0.1, 0.15) is 0 Å². The van der Waals surface area contributed by atoms with Gasteiger partial charge in [0, 0.05) is 11.3 Å². The van der Waals surface area contributed by atoms with Gasteiger partial charge in [-0.2, -0.15) is 0 Å². The van der Waals surface area contributed by atoms with Crippen molar-refractivity contribution in [3.8, 4) is 0 Å². The molecule has 0 spiro atoms. The second-order valence-electron chi connectivity index (χ2n) is 6.07. The van der Waals surface area contributed by atoms with Crippen molar-refractivity contribution in [2.45, 2.75) is 31.1 Å². The summed E-state index contributed by atoms with van der Waals surface area (Å²) in [5.41, 5.74) is 5.94. The van der Waals surface area contributed by atoms with Gasteiger partial charge in [-0.1, -0.05) is 19.1 Å². The fourth-order valence-electron chi connectivity index (χ4n) is 2.92. The number of carbonyl (C=O) groups excluding carboxylic acids is 2. The van der Waals surface area contributed by atoms with Crippen molar-refractivity contribution in [1.82, 2.24) is 5.32 Å². The number of para-hydroxylation sites is 1. The van der Waals surface area contributed by atoms with Gasteiger partial charge in [-0.25, -0.2) is 0 Å². The largest absolute Gasteiger partial charge is 0.369 e. The molecule has 1 aliphatic rings. The first-order chi connectivity index (χ1) is 11.1. The first-order valence-corrected chi connectivity index (χ1v) is 9.05. The highest BCUT2D eigenvalue weighted by atomic mass is 35.5. The molecule has 134 valence electrons. The minimum atomic E-state index is -0.365. The van der Waals surface area contributed by atoms with Crippen molar-refractivity contribution >= 4 is 41.7 Å². The van der Waals surface area contributed by atoms with E-state index in [4.69, 9.17) is 5.73 Å². The lowest BCUT2D eigenvalue weighted by Crippen LogP contribution is -2.32. The minimum Gasteiger partial charge on any atom is -0.369 e. The third kappa shape index (κ3) is 6.71. The lowest BCUT2D eigenvalue weighted by molar-refractivity contribution is -0.117. The topological polar surface area (TPSA) is 84.2 Å². The lowest BCUT2D eigenvalue weighted by Gasteiger charge is -2.28. The van der Waals surface area contributed by atoms with Crippen LogP contribution in [0, 0.1) is 11.8 Å². The third-order valence-corrected chi connectivity index (χ3v) is 5.32. The van der Waals surface area contributed by atoms with E-state index in [1.165, 1.54) is 11.8 Å². The van der Waals surface area contributed by atoms with Crippen LogP contribution in [0.15, 0.2) is 29.2 Å². The van der Waals surface area contributed by atoms with Crippen LogP contribution in [0.1, 0.15) is 26.2 Å². The number of benzene rings is 1. The molecule has 0 saturated carbocycles. The standard InChI is InChI=1S/C17H25N3O2S.ClH/c1-12(13-6-8-19-9-7-13)10-17(22)20-14-4-2-3-5-15(14)23-11-16(18)21;/h2-5,12-13,19H,6-11H2,1H3,(H2,18,21)(H,20,22);1H. The number of hydrogen-bond donors (Lipinski definition) is 3. The van der Waals surface area contributed by atoms with Crippen LogP contribution >= 0.6 is 24.2 Å². The van der Waals surface area contributed by atoms with Gasteiger partial charge in [-0.3, -0.25) is 9.59 Å². The number of primary amides is 1. The Morgan fingerprint density at radius 3 is 2.67 bits per heavy atom. The summed E-state index contributed by atoms with van der Waals surface area (Å²) in [5, 5.41) is 6.33. The molecule has 7 heteroatoms. The minimum absolute atomic E-state index is 0. The summed E-state index contributed by atoms with van der Waals surface area (Å²) in [5.74, 6) is 0.862. The van der Waals surface area contributed by atoms with E-state index in [-0.39, 0.29) is 30.0 Å². The van der Waals surface area contributed by atoms with Crippen molar-refractivity contribution in [2.24, 2.45) is 17.6 Å². The number of thioether (sulfide) groups is 1. The van der Waals surface area contributed by atoms with Gasteiger partial charge in [0.05, 0.1) is 11.4 Å². The number of hydrogen-bond acceptors (Lipinski definition) is 4. The number of carbonyl (C=O) groups is 2. The fourth-order valence-corrected chi connectivity index (χ4v) is 3.67. The zero-order valence-corrected chi connectivity index (χ0v) is 15.6. The van der Waals surface area contributed by atoms with Gasteiger partial charge in [-0.15, -0.1) is 24.2 Å². The van der Waals surface area contributed by atoms with Crippen LogP contribution in [-0.2, 0) is 9.59 Å². The average Bonchev–Trinajstić information content (AvgIpc) is 2.54. The Labute approximate surface area is 153 Å². The quantitative estimate of drug-likeness (QED) is 0.643. The van der Waals surface area contributed by atoms with E-state index < -0.39 is 0 Å². The molecule has 1 saturated heterocycles. The van der Waals surface area contributed by atoms with E-state index in [0.717, 1.165) is 36.5 Å².